The molecule has 0 aliphatic rings. The zero-order valence-corrected chi connectivity index (χ0v) is 16.9. The quantitative estimate of drug-likeness (QED) is 0.329. The summed E-state index contributed by atoms with van der Waals surface area (Å²) in [6.07, 6.45) is 6.53. The average Bonchev–Trinajstić information content (AvgIpc) is 3.37. The summed E-state index contributed by atoms with van der Waals surface area (Å²) >= 11 is 0. The van der Waals surface area contributed by atoms with Gasteiger partial charge in [-0.3, -0.25) is 0 Å². The predicted molar refractivity (Wildman–Crippen MR) is 118 cm³/mol. The minimum atomic E-state index is 0.446. The SMILES string of the molecule is CC(C)c1ccccc1OCCCn1c(/C=C/c2ccco2)nc2ccccc21. The summed E-state index contributed by atoms with van der Waals surface area (Å²) in [7, 11) is 0. The average molecular weight is 386 g/mol. The number of para-hydroxylation sites is 3. The lowest BCUT2D eigenvalue weighted by atomic mass is 10.0. The number of aromatic nitrogens is 2. The van der Waals surface area contributed by atoms with Crippen LogP contribution in [0.5, 0.6) is 5.75 Å². The minimum Gasteiger partial charge on any atom is -0.493 e. The van der Waals surface area contributed by atoms with Gasteiger partial charge in [0.25, 0.3) is 0 Å². The second kappa shape index (κ2) is 8.82. The molecule has 0 radical (unpaired) electrons. The van der Waals surface area contributed by atoms with E-state index in [1.807, 2.05) is 42.5 Å². The Balaban J connectivity index is 1.48. The van der Waals surface area contributed by atoms with E-state index in [0.29, 0.717) is 12.5 Å². The molecule has 4 aromatic rings. The van der Waals surface area contributed by atoms with Crippen LogP contribution in [0.4, 0.5) is 0 Å². The fourth-order valence-corrected chi connectivity index (χ4v) is 3.49. The molecule has 148 valence electrons. The summed E-state index contributed by atoms with van der Waals surface area (Å²) in [6.45, 7) is 5.88. The number of imidazole rings is 1. The Morgan fingerprint density at radius 2 is 1.83 bits per heavy atom. The van der Waals surface area contributed by atoms with Crippen molar-refractivity contribution < 1.29 is 9.15 Å². The van der Waals surface area contributed by atoms with Crippen molar-refractivity contribution in [3.63, 3.8) is 0 Å². The van der Waals surface area contributed by atoms with Gasteiger partial charge >= 0.3 is 0 Å². The monoisotopic (exact) mass is 386 g/mol. The van der Waals surface area contributed by atoms with Crippen molar-refractivity contribution >= 4 is 23.2 Å². The van der Waals surface area contributed by atoms with Crippen molar-refractivity contribution in [3.8, 4) is 5.75 Å². The molecular formula is C25H26N2O2. The van der Waals surface area contributed by atoms with Crippen LogP contribution in [0.25, 0.3) is 23.2 Å². The van der Waals surface area contributed by atoms with Crippen molar-refractivity contribution in [2.45, 2.75) is 32.7 Å². The summed E-state index contributed by atoms with van der Waals surface area (Å²) in [5, 5.41) is 0. The third-order valence-electron chi connectivity index (χ3n) is 4.95. The van der Waals surface area contributed by atoms with Crippen LogP contribution >= 0.6 is 0 Å². The van der Waals surface area contributed by atoms with E-state index >= 15 is 0 Å². The van der Waals surface area contributed by atoms with Crippen LogP contribution in [0.1, 0.15) is 43.3 Å². The second-order valence-electron chi connectivity index (χ2n) is 7.35. The van der Waals surface area contributed by atoms with Gasteiger partial charge in [0.15, 0.2) is 0 Å². The van der Waals surface area contributed by atoms with Gasteiger partial charge < -0.3 is 13.7 Å². The molecule has 4 rings (SSSR count). The molecule has 0 unspecified atom stereocenters. The maximum Gasteiger partial charge on any atom is 0.133 e. The summed E-state index contributed by atoms with van der Waals surface area (Å²) in [6, 6.07) is 20.3. The van der Waals surface area contributed by atoms with Crippen molar-refractivity contribution in [1.82, 2.24) is 9.55 Å². The Kier molecular flexibility index (Phi) is 5.80. The van der Waals surface area contributed by atoms with Gasteiger partial charge in [-0.1, -0.05) is 44.2 Å². The molecule has 0 bridgehead atoms. The Labute approximate surface area is 171 Å². The molecule has 29 heavy (non-hydrogen) atoms. The first kappa shape index (κ1) is 19.1. The first-order chi connectivity index (χ1) is 14.2. The summed E-state index contributed by atoms with van der Waals surface area (Å²) in [5.41, 5.74) is 3.38. The topological polar surface area (TPSA) is 40.2 Å². The normalized spacial score (nSPS) is 11.7. The van der Waals surface area contributed by atoms with Gasteiger partial charge in [0.2, 0.25) is 0 Å². The van der Waals surface area contributed by atoms with Crippen LogP contribution in [-0.2, 0) is 6.54 Å². The molecule has 0 atom stereocenters. The fraction of sp³-hybridized carbons (Fsp3) is 0.240. The lowest BCUT2D eigenvalue weighted by Gasteiger charge is -2.14. The predicted octanol–water partition coefficient (Wildman–Crippen LogP) is 6.39. The molecule has 2 aromatic carbocycles. The van der Waals surface area contributed by atoms with Crippen LogP contribution in [0, 0.1) is 0 Å². The number of furan rings is 1. The van der Waals surface area contributed by atoms with Gasteiger partial charge in [0.05, 0.1) is 23.9 Å². The van der Waals surface area contributed by atoms with E-state index in [9.17, 15) is 0 Å². The summed E-state index contributed by atoms with van der Waals surface area (Å²) in [4.78, 5) is 4.78. The molecule has 2 aromatic heterocycles. The molecule has 0 saturated carbocycles. The van der Waals surface area contributed by atoms with E-state index < -0.39 is 0 Å². The molecule has 0 fully saturated rings. The van der Waals surface area contributed by atoms with Crippen LogP contribution < -0.4 is 4.74 Å². The van der Waals surface area contributed by atoms with E-state index in [0.717, 1.165) is 41.3 Å². The van der Waals surface area contributed by atoms with Crippen LogP contribution in [0.3, 0.4) is 0 Å². The van der Waals surface area contributed by atoms with Gasteiger partial charge in [0, 0.05) is 6.54 Å². The molecule has 0 N–H and O–H groups in total. The van der Waals surface area contributed by atoms with Crippen LogP contribution in [-0.4, -0.2) is 16.2 Å². The lowest BCUT2D eigenvalue weighted by Crippen LogP contribution is -2.07. The zero-order chi connectivity index (χ0) is 20.1. The third-order valence-corrected chi connectivity index (χ3v) is 4.95. The largest absolute Gasteiger partial charge is 0.493 e. The third kappa shape index (κ3) is 4.43. The van der Waals surface area contributed by atoms with Gasteiger partial charge in [0.1, 0.15) is 17.3 Å². The van der Waals surface area contributed by atoms with Crippen molar-refractivity contribution in [2.75, 3.05) is 6.61 Å². The maximum atomic E-state index is 6.10. The number of fused-ring (bicyclic) bond motifs is 1. The minimum absolute atomic E-state index is 0.446. The van der Waals surface area contributed by atoms with Gasteiger partial charge in [-0.25, -0.2) is 4.98 Å². The van der Waals surface area contributed by atoms with Gasteiger partial charge in [-0.05, 0) is 60.4 Å². The Hall–Kier alpha value is -3.27. The molecule has 2 heterocycles. The van der Waals surface area contributed by atoms with E-state index in [1.165, 1.54) is 5.56 Å². The molecule has 4 nitrogen and oxygen atoms in total. The smallest absolute Gasteiger partial charge is 0.133 e. The van der Waals surface area contributed by atoms with Crippen molar-refractivity contribution in [3.05, 3.63) is 84.1 Å². The number of hydrogen-bond donors (Lipinski definition) is 0. The fourth-order valence-electron chi connectivity index (χ4n) is 3.49. The molecule has 0 spiro atoms. The molecule has 4 heteroatoms. The highest BCUT2D eigenvalue weighted by Gasteiger charge is 2.10. The number of rotatable bonds is 8. The molecular weight excluding hydrogens is 360 g/mol. The number of nitrogens with zero attached hydrogens (tertiary/aromatic N) is 2. The first-order valence-electron chi connectivity index (χ1n) is 10.1. The van der Waals surface area contributed by atoms with Crippen LogP contribution in [0.15, 0.2) is 71.3 Å². The zero-order valence-electron chi connectivity index (χ0n) is 16.9. The Morgan fingerprint density at radius 3 is 2.66 bits per heavy atom. The summed E-state index contributed by atoms with van der Waals surface area (Å²) in [5.74, 6) is 3.17. The molecule has 0 saturated heterocycles. The van der Waals surface area contributed by atoms with E-state index in [2.05, 4.69) is 48.7 Å². The van der Waals surface area contributed by atoms with Crippen molar-refractivity contribution in [1.29, 1.82) is 0 Å². The number of hydrogen-bond acceptors (Lipinski definition) is 3. The highest BCUT2D eigenvalue weighted by atomic mass is 16.5. The highest BCUT2D eigenvalue weighted by Crippen LogP contribution is 2.26. The molecule has 0 aliphatic heterocycles. The van der Waals surface area contributed by atoms with Gasteiger partial charge in [-0.2, -0.15) is 0 Å². The Morgan fingerprint density at radius 1 is 1.00 bits per heavy atom. The maximum absolute atomic E-state index is 6.10. The van der Waals surface area contributed by atoms with E-state index in [4.69, 9.17) is 14.1 Å². The first-order valence-corrected chi connectivity index (χ1v) is 10.1. The summed E-state index contributed by atoms with van der Waals surface area (Å²) < 4.78 is 13.7. The van der Waals surface area contributed by atoms with Gasteiger partial charge in [-0.15, -0.1) is 0 Å². The number of aryl methyl sites for hydroxylation is 1. The van der Waals surface area contributed by atoms with E-state index in [-0.39, 0.29) is 0 Å². The molecule has 0 aliphatic carbocycles. The Bertz CT molecular complexity index is 1090. The number of ether oxygens (including phenoxy) is 1. The number of benzene rings is 2. The highest BCUT2D eigenvalue weighted by molar-refractivity contribution is 5.79. The molecule has 0 amide bonds. The standard InChI is InChI=1S/C25H26N2O2/c1-19(2)21-10-3-6-13-24(21)29-18-8-16-27-23-12-5-4-11-22(23)26-25(27)15-14-20-9-7-17-28-20/h3-7,9-15,17,19H,8,16,18H2,1-2H3/b15-14+. The lowest BCUT2D eigenvalue weighted by molar-refractivity contribution is 0.298. The second-order valence-corrected chi connectivity index (χ2v) is 7.35. The van der Waals surface area contributed by atoms with Crippen molar-refractivity contribution in [2.24, 2.45) is 0 Å². The van der Waals surface area contributed by atoms with Crippen LogP contribution in [0.2, 0.25) is 0 Å². The van der Waals surface area contributed by atoms with E-state index in [1.54, 1.807) is 6.26 Å².